The lowest BCUT2D eigenvalue weighted by atomic mass is 9.98. The topological polar surface area (TPSA) is 85.8 Å². The molecule has 1 aliphatic heterocycles. The summed E-state index contributed by atoms with van der Waals surface area (Å²) in [6.45, 7) is 6.86. The minimum absolute atomic E-state index is 0.0113. The second-order valence-electron chi connectivity index (χ2n) is 9.61. The van der Waals surface area contributed by atoms with Gasteiger partial charge in [-0.15, -0.1) is 0 Å². The number of ether oxygens (including phenoxy) is 3. The number of nitrogens with zero attached hydrogens (tertiary/aromatic N) is 3. The highest BCUT2D eigenvalue weighted by molar-refractivity contribution is 9.10. The third-order valence-corrected chi connectivity index (χ3v) is 6.23. The van der Waals surface area contributed by atoms with E-state index in [2.05, 4.69) is 31.2 Å². The monoisotopic (exact) mass is 563 g/mol. The maximum absolute atomic E-state index is 14.4. The van der Waals surface area contributed by atoms with Gasteiger partial charge in [0.2, 0.25) is 0 Å². The van der Waals surface area contributed by atoms with Crippen molar-refractivity contribution in [1.82, 2.24) is 14.9 Å². The van der Waals surface area contributed by atoms with Crippen molar-refractivity contribution < 1.29 is 27.5 Å². The molecular weight excluding hydrogens is 531 g/mol. The lowest BCUT2D eigenvalue weighted by molar-refractivity contribution is 0.0164. The predicted molar refractivity (Wildman–Crippen MR) is 139 cm³/mol. The standard InChI is InChI=1S/C26H30BrFN4O4/c1-26(2,3)36-25(33)32-9-7-16(8-10-32)14-35-23-13-21-18(12-22(23)34-4)24(30-15-29-21)31-20-6-5-17(27)11-19(20)28/h5-6,11-13,15-16H,7-10,14H2,1-4H3,(H,29,30,31)/i4D3. The van der Waals surface area contributed by atoms with Crippen LogP contribution in [0.25, 0.3) is 10.9 Å². The quantitative estimate of drug-likeness (QED) is 0.376. The second kappa shape index (κ2) is 10.9. The van der Waals surface area contributed by atoms with Gasteiger partial charge in [-0.3, -0.25) is 0 Å². The number of halogens is 2. The van der Waals surface area contributed by atoms with Gasteiger partial charge in [0, 0.05) is 29.0 Å². The number of amides is 1. The van der Waals surface area contributed by atoms with Gasteiger partial charge in [-0.25, -0.2) is 19.2 Å². The zero-order valence-electron chi connectivity index (χ0n) is 23.3. The van der Waals surface area contributed by atoms with E-state index in [1.807, 2.05) is 20.8 Å². The Bertz CT molecular complexity index is 1350. The number of likely N-dealkylation sites (tertiary alicyclic amines) is 1. The number of piperidine rings is 1. The Labute approximate surface area is 222 Å². The summed E-state index contributed by atoms with van der Waals surface area (Å²) in [5.41, 5.74) is 0.0877. The van der Waals surface area contributed by atoms with Crippen LogP contribution in [-0.2, 0) is 4.74 Å². The van der Waals surface area contributed by atoms with Gasteiger partial charge in [0.05, 0.1) is 29.0 Å². The summed E-state index contributed by atoms with van der Waals surface area (Å²) in [7, 11) is -2.73. The molecule has 0 radical (unpaired) electrons. The highest BCUT2D eigenvalue weighted by Crippen LogP contribution is 2.36. The van der Waals surface area contributed by atoms with Crippen LogP contribution in [0, 0.1) is 11.7 Å². The maximum atomic E-state index is 14.4. The molecule has 0 spiro atoms. The maximum Gasteiger partial charge on any atom is 0.410 e. The van der Waals surface area contributed by atoms with E-state index in [1.165, 1.54) is 18.5 Å². The summed E-state index contributed by atoms with van der Waals surface area (Å²) in [4.78, 5) is 22.5. The molecule has 192 valence electrons. The van der Waals surface area contributed by atoms with Gasteiger partial charge in [0.1, 0.15) is 23.6 Å². The number of carbonyl (C=O) groups is 1. The number of hydrogen-bond acceptors (Lipinski definition) is 7. The lowest BCUT2D eigenvalue weighted by Crippen LogP contribution is -2.42. The van der Waals surface area contributed by atoms with Crippen LogP contribution < -0.4 is 14.8 Å². The van der Waals surface area contributed by atoms with Crippen molar-refractivity contribution in [3.63, 3.8) is 0 Å². The summed E-state index contributed by atoms with van der Waals surface area (Å²) in [6, 6.07) is 7.61. The normalized spacial score (nSPS) is 16.1. The van der Waals surface area contributed by atoms with Gasteiger partial charge in [-0.2, -0.15) is 0 Å². The van der Waals surface area contributed by atoms with Crippen LogP contribution in [0.4, 0.5) is 20.7 Å². The Hall–Kier alpha value is -3.14. The Kier molecular flexibility index (Phi) is 6.66. The summed E-state index contributed by atoms with van der Waals surface area (Å²) in [5, 5.41) is 3.36. The number of nitrogens with one attached hydrogen (secondary N) is 1. The Morgan fingerprint density at radius 3 is 2.69 bits per heavy atom. The molecule has 3 aromatic rings. The number of rotatable bonds is 6. The first-order chi connectivity index (χ1) is 18.3. The average Bonchev–Trinajstić information content (AvgIpc) is 2.83. The predicted octanol–water partition coefficient (Wildman–Crippen LogP) is 6.31. The van der Waals surface area contributed by atoms with Gasteiger partial charge in [0.25, 0.3) is 0 Å². The molecule has 2 heterocycles. The summed E-state index contributed by atoms with van der Waals surface area (Å²) in [5.74, 6) is 0.129. The Morgan fingerprint density at radius 2 is 2.00 bits per heavy atom. The van der Waals surface area contributed by atoms with Gasteiger partial charge in [-0.05, 0) is 63.8 Å². The Morgan fingerprint density at radius 1 is 1.22 bits per heavy atom. The fourth-order valence-corrected chi connectivity index (χ4v) is 4.22. The Balaban J connectivity index is 1.52. The fraction of sp³-hybridized carbons (Fsp3) is 0.423. The molecule has 2 aromatic carbocycles. The van der Waals surface area contributed by atoms with E-state index < -0.39 is 18.5 Å². The van der Waals surface area contributed by atoms with Crippen molar-refractivity contribution in [3.05, 3.63) is 46.9 Å². The number of methoxy groups -OCH3 is 1. The molecule has 1 amide bonds. The van der Waals surface area contributed by atoms with Crippen molar-refractivity contribution in [1.29, 1.82) is 0 Å². The molecule has 0 atom stereocenters. The molecule has 0 unspecified atom stereocenters. The number of benzene rings is 2. The van der Waals surface area contributed by atoms with E-state index in [4.69, 9.17) is 18.3 Å². The van der Waals surface area contributed by atoms with Crippen LogP contribution in [0.1, 0.15) is 37.7 Å². The molecule has 1 aliphatic rings. The first kappa shape index (κ1) is 22.1. The molecule has 36 heavy (non-hydrogen) atoms. The fourth-order valence-electron chi connectivity index (χ4n) is 3.89. The average molecular weight is 564 g/mol. The summed E-state index contributed by atoms with van der Waals surface area (Å²) >= 11 is 3.23. The van der Waals surface area contributed by atoms with Crippen LogP contribution >= 0.6 is 15.9 Å². The lowest BCUT2D eigenvalue weighted by Gasteiger charge is -2.33. The summed E-state index contributed by atoms with van der Waals surface area (Å²) in [6.07, 6.45) is 2.40. The van der Waals surface area contributed by atoms with E-state index >= 15 is 0 Å². The van der Waals surface area contributed by atoms with Crippen molar-refractivity contribution in [2.24, 2.45) is 5.92 Å². The van der Waals surface area contributed by atoms with Crippen LogP contribution in [0.2, 0.25) is 0 Å². The number of hydrogen-bond donors (Lipinski definition) is 1. The molecule has 1 N–H and O–H groups in total. The van der Waals surface area contributed by atoms with E-state index in [0.717, 1.165) is 0 Å². The molecule has 0 aliphatic carbocycles. The molecule has 10 heteroatoms. The van der Waals surface area contributed by atoms with Crippen LogP contribution in [0.5, 0.6) is 11.5 Å². The van der Waals surface area contributed by atoms with E-state index in [1.54, 1.807) is 23.1 Å². The minimum atomic E-state index is -2.73. The highest BCUT2D eigenvalue weighted by atomic mass is 79.9. The second-order valence-corrected chi connectivity index (χ2v) is 10.5. The van der Waals surface area contributed by atoms with Crippen LogP contribution in [0.3, 0.4) is 0 Å². The third kappa shape index (κ3) is 6.34. The van der Waals surface area contributed by atoms with Crippen molar-refractivity contribution in [2.75, 3.05) is 32.1 Å². The third-order valence-electron chi connectivity index (χ3n) is 5.74. The van der Waals surface area contributed by atoms with Crippen molar-refractivity contribution in [3.8, 4) is 11.5 Å². The molecular formula is C26H30BrFN4O4. The number of anilines is 2. The van der Waals surface area contributed by atoms with Gasteiger partial charge in [-0.1, -0.05) is 15.9 Å². The van der Waals surface area contributed by atoms with E-state index in [9.17, 15) is 9.18 Å². The van der Waals surface area contributed by atoms with Crippen LogP contribution in [-0.4, -0.2) is 53.3 Å². The molecule has 1 aromatic heterocycles. The van der Waals surface area contributed by atoms with Gasteiger partial charge in [0.15, 0.2) is 11.5 Å². The van der Waals surface area contributed by atoms with Gasteiger partial charge < -0.3 is 24.4 Å². The molecule has 8 nitrogen and oxygen atoms in total. The molecule has 0 bridgehead atoms. The van der Waals surface area contributed by atoms with Gasteiger partial charge >= 0.3 is 6.09 Å². The van der Waals surface area contributed by atoms with Crippen molar-refractivity contribution in [2.45, 2.75) is 39.2 Å². The molecule has 4 rings (SSSR count). The van der Waals surface area contributed by atoms with E-state index in [0.29, 0.717) is 47.9 Å². The molecule has 0 saturated carbocycles. The first-order valence-electron chi connectivity index (χ1n) is 13.1. The SMILES string of the molecule is [2H]C([2H])([2H])Oc1cc2c(Nc3ccc(Br)cc3F)ncnc2cc1OCC1CCN(C(=O)OC(C)(C)C)CC1. The largest absolute Gasteiger partial charge is 0.493 e. The van der Waals surface area contributed by atoms with Crippen molar-refractivity contribution >= 4 is 44.4 Å². The number of fused-ring (bicyclic) bond motifs is 1. The zero-order chi connectivity index (χ0) is 28.4. The van der Waals surface area contributed by atoms with E-state index in [-0.39, 0.29) is 35.0 Å². The first-order valence-corrected chi connectivity index (χ1v) is 12.4. The molecule has 1 fully saturated rings. The van der Waals surface area contributed by atoms with Crippen LogP contribution in [0.15, 0.2) is 41.1 Å². The molecule has 1 saturated heterocycles. The summed E-state index contributed by atoms with van der Waals surface area (Å²) < 4.78 is 54.6. The highest BCUT2D eigenvalue weighted by Gasteiger charge is 2.27. The zero-order valence-corrected chi connectivity index (χ0v) is 21.9. The minimum Gasteiger partial charge on any atom is -0.493 e. The smallest absolute Gasteiger partial charge is 0.410 e. The number of carbonyl (C=O) groups excluding carboxylic acids is 1. The number of aromatic nitrogens is 2.